The van der Waals surface area contributed by atoms with Crippen LogP contribution < -0.4 is 0 Å². The first-order valence-corrected chi connectivity index (χ1v) is 8.38. The second kappa shape index (κ2) is 4.74. The molecule has 3 aromatic carbocycles. The number of halogens is 1. The molecule has 3 heteroatoms. The van der Waals surface area contributed by atoms with Gasteiger partial charge in [0.2, 0.25) is 0 Å². The molecule has 0 fully saturated rings. The second-order valence-electron chi connectivity index (χ2n) is 5.70. The molecule has 0 atom stereocenters. The predicted molar refractivity (Wildman–Crippen MR) is 100 cm³/mol. The Bertz CT molecular complexity index is 1170. The predicted octanol–water partition coefficient (Wildman–Crippen LogP) is 6.03. The summed E-state index contributed by atoms with van der Waals surface area (Å²) in [6, 6.07) is 25.4. The van der Waals surface area contributed by atoms with Crippen LogP contribution in [0.2, 0.25) is 0 Å². The van der Waals surface area contributed by atoms with Crippen molar-refractivity contribution >= 4 is 48.8 Å². The Morgan fingerprint density at radius 3 is 2.30 bits per heavy atom. The minimum absolute atomic E-state index is 1.09. The molecule has 0 unspecified atom stereocenters. The van der Waals surface area contributed by atoms with Crippen molar-refractivity contribution in [3.8, 4) is 5.69 Å². The average molecular weight is 361 g/mol. The van der Waals surface area contributed by atoms with Crippen molar-refractivity contribution in [1.29, 1.82) is 0 Å². The van der Waals surface area contributed by atoms with Gasteiger partial charge >= 0.3 is 0 Å². The van der Waals surface area contributed by atoms with Gasteiger partial charge in [0.05, 0.1) is 22.1 Å². The van der Waals surface area contributed by atoms with E-state index in [0.717, 1.165) is 9.99 Å². The highest BCUT2D eigenvalue weighted by Gasteiger charge is 2.17. The van der Waals surface area contributed by atoms with Crippen LogP contribution in [0.25, 0.3) is 38.5 Å². The summed E-state index contributed by atoms with van der Waals surface area (Å²) in [6.07, 6.45) is 0. The van der Waals surface area contributed by atoms with E-state index in [0.29, 0.717) is 0 Å². The van der Waals surface area contributed by atoms with E-state index >= 15 is 0 Å². The van der Waals surface area contributed by atoms with Gasteiger partial charge < -0.3 is 9.55 Å². The Kier molecular flexibility index (Phi) is 2.67. The third-order valence-electron chi connectivity index (χ3n) is 4.41. The molecule has 23 heavy (non-hydrogen) atoms. The van der Waals surface area contributed by atoms with E-state index in [-0.39, 0.29) is 0 Å². The van der Waals surface area contributed by atoms with Gasteiger partial charge in [-0.05, 0) is 40.2 Å². The molecule has 5 aromatic rings. The van der Waals surface area contributed by atoms with Gasteiger partial charge in [-0.1, -0.05) is 48.5 Å². The molecule has 1 N–H and O–H groups in total. The normalized spacial score (nSPS) is 11.7. The van der Waals surface area contributed by atoms with Gasteiger partial charge in [-0.2, -0.15) is 0 Å². The number of aromatic nitrogens is 2. The van der Waals surface area contributed by atoms with Gasteiger partial charge in [0.25, 0.3) is 0 Å². The van der Waals surface area contributed by atoms with Crippen LogP contribution in [0, 0.1) is 0 Å². The molecule has 0 aliphatic heterocycles. The molecule has 0 amide bonds. The largest absolute Gasteiger partial charge is 0.352 e. The number of fused-ring (bicyclic) bond motifs is 5. The Morgan fingerprint density at radius 2 is 1.43 bits per heavy atom. The van der Waals surface area contributed by atoms with E-state index in [1.54, 1.807) is 0 Å². The highest BCUT2D eigenvalue weighted by molar-refractivity contribution is 9.10. The molecule has 2 nitrogen and oxygen atoms in total. The van der Waals surface area contributed by atoms with Crippen molar-refractivity contribution in [2.24, 2.45) is 0 Å². The Labute approximate surface area is 141 Å². The van der Waals surface area contributed by atoms with Gasteiger partial charge in [0, 0.05) is 20.9 Å². The molecule has 0 saturated heterocycles. The van der Waals surface area contributed by atoms with Gasteiger partial charge in [-0.15, -0.1) is 0 Å². The molecule has 0 aliphatic rings. The molecule has 0 bridgehead atoms. The van der Waals surface area contributed by atoms with Crippen LogP contribution in [0.1, 0.15) is 0 Å². The smallest absolute Gasteiger partial charge is 0.0798 e. The number of aromatic amines is 1. The van der Waals surface area contributed by atoms with Crippen molar-refractivity contribution in [2.75, 3.05) is 0 Å². The van der Waals surface area contributed by atoms with E-state index in [9.17, 15) is 0 Å². The van der Waals surface area contributed by atoms with E-state index in [1.807, 2.05) is 0 Å². The minimum Gasteiger partial charge on any atom is -0.352 e. The van der Waals surface area contributed by atoms with Crippen LogP contribution in [0.3, 0.4) is 0 Å². The van der Waals surface area contributed by atoms with Crippen LogP contribution in [-0.4, -0.2) is 9.55 Å². The highest BCUT2D eigenvalue weighted by Crippen LogP contribution is 2.38. The summed E-state index contributed by atoms with van der Waals surface area (Å²) in [7, 11) is 0. The van der Waals surface area contributed by atoms with Crippen molar-refractivity contribution in [2.45, 2.75) is 0 Å². The van der Waals surface area contributed by atoms with Gasteiger partial charge in [-0.25, -0.2) is 0 Å². The van der Waals surface area contributed by atoms with Crippen molar-refractivity contribution in [3.63, 3.8) is 0 Å². The number of benzene rings is 3. The summed E-state index contributed by atoms with van der Waals surface area (Å²) < 4.78 is 3.44. The molecule has 2 aromatic heterocycles. The lowest BCUT2D eigenvalue weighted by molar-refractivity contribution is 1.19. The molecule has 0 radical (unpaired) electrons. The number of nitrogens with zero attached hydrogens (tertiary/aromatic N) is 1. The number of nitrogens with one attached hydrogen (secondary N) is 1. The zero-order valence-corrected chi connectivity index (χ0v) is 13.8. The Balaban J connectivity index is 2.08. The maximum Gasteiger partial charge on any atom is 0.0798 e. The lowest BCUT2D eigenvalue weighted by atomic mass is 10.2. The molecule has 0 saturated carbocycles. The number of H-pyrrole nitrogens is 1. The quantitative estimate of drug-likeness (QED) is 0.376. The molecular formula is C20H13BrN2. The summed E-state index contributed by atoms with van der Waals surface area (Å²) in [5, 5.41) is 2.48. The zero-order valence-electron chi connectivity index (χ0n) is 12.3. The molecule has 0 spiro atoms. The van der Waals surface area contributed by atoms with E-state index in [1.165, 1.54) is 33.0 Å². The fourth-order valence-corrected chi connectivity index (χ4v) is 3.91. The summed E-state index contributed by atoms with van der Waals surface area (Å²) in [6.45, 7) is 0. The van der Waals surface area contributed by atoms with Crippen LogP contribution in [-0.2, 0) is 0 Å². The van der Waals surface area contributed by atoms with Crippen LogP contribution >= 0.6 is 15.9 Å². The fourth-order valence-electron chi connectivity index (χ4n) is 3.44. The minimum atomic E-state index is 1.09. The zero-order chi connectivity index (χ0) is 15.4. The maximum absolute atomic E-state index is 3.66. The van der Waals surface area contributed by atoms with E-state index in [4.69, 9.17) is 0 Å². The summed E-state index contributed by atoms with van der Waals surface area (Å²) >= 11 is 3.66. The van der Waals surface area contributed by atoms with Crippen molar-refractivity contribution in [1.82, 2.24) is 9.55 Å². The molecule has 110 valence electrons. The lowest BCUT2D eigenvalue weighted by Gasteiger charge is -2.07. The van der Waals surface area contributed by atoms with Crippen molar-refractivity contribution < 1.29 is 0 Å². The maximum atomic E-state index is 3.66. The number of para-hydroxylation sites is 3. The Hall–Kier alpha value is -2.52. The SMILES string of the molecule is Brc1cccc2c1[nH]c1c3ccccc3n(-c3ccccc3)c21. The molecular weight excluding hydrogens is 348 g/mol. The van der Waals surface area contributed by atoms with E-state index in [2.05, 4.69) is 98.3 Å². The summed E-state index contributed by atoms with van der Waals surface area (Å²) in [5.74, 6) is 0. The highest BCUT2D eigenvalue weighted by atomic mass is 79.9. The molecule has 2 heterocycles. The first kappa shape index (κ1) is 13.0. The van der Waals surface area contributed by atoms with Gasteiger partial charge in [0.1, 0.15) is 0 Å². The number of hydrogen-bond donors (Lipinski definition) is 1. The first-order chi connectivity index (χ1) is 11.3. The molecule has 5 rings (SSSR count). The topological polar surface area (TPSA) is 20.7 Å². The van der Waals surface area contributed by atoms with Crippen LogP contribution in [0.5, 0.6) is 0 Å². The Morgan fingerprint density at radius 1 is 0.696 bits per heavy atom. The van der Waals surface area contributed by atoms with Gasteiger partial charge in [-0.3, -0.25) is 0 Å². The monoisotopic (exact) mass is 360 g/mol. The fraction of sp³-hybridized carbons (Fsp3) is 0. The number of rotatable bonds is 1. The molecule has 0 aliphatic carbocycles. The second-order valence-corrected chi connectivity index (χ2v) is 6.55. The lowest BCUT2D eigenvalue weighted by Crippen LogP contribution is -1.92. The summed E-state index contributed by atoms with van der Waals surface area (Å²) in [5.41, 5.74) is 5.97. The van der Waals surface area contributed by atoms with Gasteiger partial charge in [0.15, 0.2) is 0 Å². The van der Waals surface area contributed by atoms with Crippen LogP contribution in [0.15, 0.2) is 77.3 Å². The standard InChI is InChI=1S/C20H13BrN2/c21-16-11-6-10-15-18(16)22-19-14-9-4-5-12-17(14)23(20(15)19)13-7-2-1-3-8-13/h1-12,22H. The van der Waals surface area contributed by atoms with Crippen molar-refractivity contribution in [3.05, 3.63) is 77.3 Å². The summed E-state index contributed by atoms with van der Waals surface area (Å²) in [4.78, 5) is 3.61. The number of hydrogen-bond acceptors (Lipinski definition) is 0. The van der Waals surface area contributed by atoms with Crippen LogP contribution in [0.4, 0.5) is 0 Å². The van der Waals surface area contributed by atoms with E-state index < -0.39 is 0 Å². The third-order valence-corrected chi connectivity index (χ3v) is 5.07. The average Bonchev–Trinajstić information content (AvgIpc) is 3.12. The third kappa shape index (κ3) is 1.74. The first-order valence-electron chi connectivity index (χ1n) is 7.59.